The summed E-state index contributed by atoms with van der Waals surface area (Å²) in [5.41, 5.74) is 0. The van der Waals surface area contributed by atoms with Gasteiger partial charge in [-0.25, -0.2) is 0 Å². The standard InChI is InChI=1S/C62H106N4O44/c1-15-32(78)42(88)46(92)58(97-15)109-53-44(90)36(82)24(9-69)100-61(53)106-50-26(11-71)102-56(30(40(50)86)65-19(5)75)95-13-22(77)34(80)49(21(7-67)63-17(3)73)105-60-48(94)52(38(84)28(104-60)14-96-55-29(64-18(4)74)39(85)35(81)23(8-68)99-55)108-57-31(66-20(6)76)41(87)51(27(12-72)103-57)107-62-54(45(91)37(83)25(10-70)101-62)110-59-47(93)43(89)33(79)16(2)98-59/h15-16,21-62,67-72,77-94H,7-14H2,1-6H3,(H,63,73)(H,64,74)(H,65,75)(H,66,76)/t15-,16-,21-,22+,23+,24+,25+,26+,27+,28+,29+,30+,31+,32+,33+,34-,35+,36-,37-,38-,39+,40+,41+,42+,43+,44-,45-,46-,47-,48+,49+,50+,51+,52-,53+,54+,55+,56+,57-,58-,59-,60-,61-,62-/m0/s1. The van der Waals surface area contributed by atoms with Crippen molar-refractivity contribution in [2.75, 3.05) is 52.9 Å². The molecule has 0 bridgehead atoms. The van der Waals surface area contributed by atoms with Crippen LogP contribution in [0.4, 0.5) is 0 Å². The van der Waals surface area contributed by atoms with E-state index in [9.17, 15) is 142 Å². The second kappa shape index (κ2) is 40.4. The first-order chi connectivity index (χ1) is 51.9. The Kier molecular flexibility index (Phi) is 33.7. The van der Waals surface area contributed by atoms with Crippen LogP contribution in [0.2, 0.25) is 0 Å². The van der Waals surface area contributed by atoms with Gasteiger partial charge in [-0.05, 0) is 13.8 Å². The summed E-state index contributed by atoms with van der Waals surface area (Å²) in [7, 11) is 0. The first kappa shape index (κ1) is 91.8. The minimum atomic E-state index is -2.53. The largest absolute Gasteiger partial charge is 0.394 e. The summed E-state index contributed by atoms with van der Waals surface area (Å²) in [5, 5.41) is 275. The lowest BCUT2D eigenvalue weighted by molar-refractivity contribution is -0.389. The van der Waals surface area contributed by atoms with E-state index in [1.165, 1.54) is 13.8 Å². The van der Waals surface area contributed by atoms with Gasteiger partial charge in [0.1, 0.15) is 201 Å². The highest BCUT2D eigenvalue weighted by Gasteiger charge is 2.60. The monoisotopic (exact) mass is 1610 g/mol. The normalized spacial score (nSPS) is 46.6. The van der Waals surface area contributed by atoms with Gasteiger partial charge in [0.15, 0.2) is 50.3 Å². The number of carbonyl (C=O) groups is 4. The number of amides is 4. The highest BCUT2D eigenvalue weighted by molar-refractivity contribution is 5.74. The second-order valence-electron chi connectivity index (χ2n) is 27.9. The average Bonchev–Trinajstić information content (AvgIpc) is 0.771. The highest BCUT2D eigenvalue weighted by atomic mass is 16.8. The van der Waals surface area contributed by atoms with Crippen LogP contribution in [0.25, 0.3) is 0 Å². The fraction of sp³-hybridized carbons (Fsp3) is 0.935. The van der Waals surface area contributed by atoms with Crippen molar-refractivity contribution in [3.05, 3.63) is 0 Å². The number of aliphatic hydroxyl groups excluding tert-OH is 24. The molecule has 110 heavy (non-hydrogen) atoms. The van der Waals surface area contributed by atoms with E-state index in [1.54, 1.807) is 0 Å². The van der Waals surface area contributed by atoms with E-state index >= 15 is 0 Å². The van der Waals surface area contributed by atoms with Crippen molar-refractivity contribution in [2.45, 2.75) is 311 Å². The van der Waals surface area contributed by atoms with Crippen molar-refractivity contribution >= 4 is 23.6 Å². The maximum atomic E-state index is 13.1. The number of rotatable bonds is 31. The van der Waals surface area contributed by atoms with Gasteiger partial charge in [0.2, 0.25) is 23.6 Å². The number of carbonyl (C=O) groups excluding carboxylic acids is 4. The van der Waals surface area contributed by atoms with Crippen LogP contribution in [0.5, 0.6) is 0 Å². The predicted octanol–water partition coefficient (Wildman–Crippen LogP) is -18.4. The Morgan fingerprint density at radius 1 is 0.336 bits per heavy atom. The molecule has 8 aliphatic heterocycles. The maximum absolute atomic E-state index is 13.1. The average molecular weight is 1610 g/mol. The Balaban J connectivity index is 1.08. The van der Waals surface area contributed by atoms with Crippen LogP contribution in [0.3, 0.4) is 0 Å². The Labute approximate surface area is 625 Å². The summed E-state index contributed by atoms with van der Waals surface area (Å²) >= 11 is 0. The summed E-state index contributed by atoms with van der Waals surface area (Å²) in [6.45, 7) is -2.36. The molecule has 0 aliphatic carbocycles. The fourth-order valence-corrected chi connectivity index (χ4v) is 13.8. The van der Waals surface area contributed by atoms with E-state index in [4.69, 9.17) is 75.8 Å². The Morgan fingerprint density at radius 2 is 0.700 bits per heavy atom. The van der Waals surface area contributed by atoms with Crippen molar-refractivity contribution < 1.29 is 218 Å². The highest BCUT2D eigenvalue weighted by Crippen LogP contribution is 2.39. The molecule has 0 spiro atoms. The minimum Gasteiger partial charge on any atom is -0.394 e. The van der Waals surface area contributed by atoms with Crippen LogP contribution in [0.1, 0.15) is 41.5 Å². The SMILES string of the molecule is CC(=O)N[C@H]1[C@H](OC[C@@H](O)[C@H](O)[C@H](O[C@@H]2O[C@H](CO[C@@H]3O[C@H](CO)[C@@H](O)[C@H](O)[C@H]3NC(C)=O)[C@H](O)[C@H](O[C@@H]3O[C@H](CO)[C@@H](O[C@@H]4O[C@H](CO)[C@H](O)[C@H](O)[C@H]4O[C@@H]4O[C@@H](C)[C@@H](O)[C@@H](O)[C@@H]4O)[C@H](O)[C@H]3NC(C)=O)[C@H]2O)[C@H](CO)NC(C)=O)O[C@H](CO)[C@@H](O[C@@H]2O[C@H](CO)[C@H](O)[C@H](O)[C@H]2O[C@@H]2O[C@@H](C)[C@@H](O)[C@@H](O)[C@@H]2O)[C@@H]1O. The number of hydrogen-bond donors (Lipinski definition) is 28. The van der Waals surface area contributed by atoms with Gasteiger partial charge in [0.05, 0.1) is 71.1 Å². The molecular formula is C62H106N4O44. The van der Waals surface area contributed by atoms with E-state index in [-0.39, 0.29) is 0 Å². The van der Waals surface area contributed by atoms with Crippen LogP contribution in [-0.2, 0) is 95.0 Å². The van der Waals surface area contributed by atoms with Gasteiger partial charge >= 0.3 is 0 Å². The van der Waals surface area contributed by atoms with Crippen molar-refractivity contribution in [1.29, 1.82) is 0 Å². The Bertz CT molecular complexity index is 2880. The molecule has 0 unspecified atom stereocenters. The molecule has 44 atom stereocenters. The molecule has 8 fully saturated rings. The molecule has 638 valence electrons. The molecule has 0 aromatic carbocycles. The second-order valence-corrected chi connectivity index (χ2v) is 27.9. The lowest BCUT2D eigenvalue weighted by atomic mass is 9.94. The maximum Gasteiger partial charge on any atom is 0.217 e. The van der Waals surface area contributed by atoms with E-state index < -0.39 is 346 Å². The molecule has 0 aromatic rings. The van der Waals surface area contributed by atoms with Crippen LogP contribution in [0.15, 0.2) is 0 Å². The van der Waals surface area contributed by atoms with E-state index in [0.717, 1.165) is 27.7 Å². The fourth-order valence-electron chi connectivity index (χ4n) is 13.8. The topological polar surface area (TPSA) is 750 Å². The number of aliphatic hydroxyl groups is 24. The number of ether oxygens (including phenoxy) is 16. The quantitative estimate of drug-likeness (QED) is 0.0306. The molecule has 0 radical (unpaired) electrons. The van der Waals surface area contributed by atoms with Gasteiger partial charge in [0.25, 0.3) is 0 Å². The minimum absolute atomic E-state index is 0.822. The lowest BCUT2D eigenvalue weighted by Gasteiger charge is -2.50. The predicted molar refractivity (Wildman–Crippen MR) is 343 cm³/mol. The molecule has 48 heteroatoms. The lowest BCUT2D eigenvalue weighted by Crippen LogP contribution is -2.70. The van der Waals surface area contributed by atoms with Crippen molar-refractivity contribution in [3.63, 3.8) is 0 Å². The first-order valence-corrected chi connectivity index (χ1v) is 35.3. The summed E-state index contributed by atoms with van der Waals surface area (Å²) in [6, 6.07) is -7.43. The first-order valence-electron chi connectivity index (χ1n) is 35.3. The molecule has 8 heterocycles. The third-order valence-corrected chi connectivity index (χ3v) is 19.9. The smallest absolute Gasteiger partial charge is 0.217 e. The van der Waals surface area contributed by atoms with Gasteiger partial charge < -0.3 is 220 Å². The summed E-state index contributed by atoms with van der Waals surface area (Å²) in [6.07, 6.45) is -79.6. The summed E-state index contributed by atoms with van der Waals surface area (Å²) in [5.74, 6) is -3.67. The zero-order chi connectivity index (χ0) is 81.5. The third kappa shape index (κ3) is 21.0. The Morgan fingerprint density at radius 3 is 1.12 bits per heavy atom. The molecule has 48 nitrogen and oxygen atoms in total. The Hall–Kier alpha value is -3.72. The zero-order valence-corrected chi connectivity index (χ0v) is 60.0. The van der Waals surface area contributed by atoms with Gasteiger partial charge in [-0.15, -0.1) is 0 Å². The van der Waals surface area contributed by atoms with Crippen molar-refractivity contribution in [2.24, 2.45) is 0 Å². The molecule has 0 aromatic heterocycles. The molecular weight excluding hydrogens is 1500 g/mol. The van der Waals surface area contributed by atoms with Crippen molar-refractivity contribution in [3.8, 4) is 0 Å². The van der Waals surface area contributed by atoms with Crippen molar-refractivity contribution in [1.82, 2.24) is 21.3 Å². The summed E-state index contributed by atoms with van der Waals surface area (Å²) < 4.78 is 94.0. The van der Waals surface area contributed by atoms with Gasteiger partial charge in [-0.2, -0.15) is 0 Å². The van der Waals surface area contributed by atoms with Crippen LogP contribution in [-0.4, -0.2) is 469 Å². The van der Waals surface area contributed by atoms with E-state index in [0.29, 0.717) is 0 Å². The third-order valence-electron chi connectivity index (χ3n) is 19.9. The van der Waals surface area contributed by atoms with Gasteiger partial charge in [0, 0.05) is 27.7 Å². The van der Waals surface area contributed by atoms with Crippen LogP contribution >= 0.6 is 0 Å². The van der Waals surface area contributed by atoms with Gasteiger partial charge in [-0.3, -0.25) is 19.2 Å². The molecule has 8 aliphatic rings. The van der Waals surface area contributed by atoms with E-state index in [2.05, 4.69) is 21.3 Å². The molecule has 8 rings (SSSR count). The van der Waals surface area contributed by atoms with E-state index in [1.807, 2.05) is 0 Å². The van der Waals surface area contributed by atoms with Gasteiger partial charge in [-0.1, -0.05) is 0 Å². The zero-order valence-electron chi connectivity index (χ0n) is 60.0. The number of nitrogens with one attached hydrogen (secondary N) is 4. The summed E-state index contributed by atoms with van der Waals surface area (Å²) in [4.78, 5) is 51.2. The molecule has 8 saturated heterocycles. The molecule has 0 saturated carbocycles. The molecule has 28 N–H and O–H groups in total. The molecule has 4 amide bonds. The van der Waals surface area contributed by atoms with Crippen LogP contribution < -0.4 is 21.3 Å². The van der Waals surface area contributed by atoms with Crippen LogP contribution in [0, 0.1) is 0 Å². The number of hydrogen-bond acceptors (Lipinski definition) is 44.